The molecule has 0 radical (unpaired) electrons. The van der Waals surface area contributed by atoms with Gasteiger partial charge in [0.25, 0.3) is 0 Å². The zero-order chi connectivity index (χ0) is 10.1. The van der Waals surface area contributed by atoms with E-state index in [-0.39, 0.29) is 11.9 Å². The predicted molar refractivity (Wildman–Crippen MR) is 51.7 cm³/mol. The van der Waals surface area contributed by atoms with E-state index in [1.807, 2.05) is 4.90 Å². The van der Waals surface area contributed by atoms with Crippen molar-refractivity contribution >= 4 is 5.91 Å². The maximum absolute atomic E-state index is 13.1. The van der Waals surface area contributed by atoms with Crippen LogP contribution >= 0.6 is 0 Å². The summed E-state index contributed by atoms with van der Waals surface area (Å²) >= 11 is 0. The van der Waals surface area contributed by atoms with Crippen LogP contribution in [0.1, 0.15) is 19.8 Å². The van der Waals surface area contributed by atoms with Crippen LogP contribution in [0.2, 0.25) is 0 Å². The molecule has 3 nitrogen and oxygen atoms in total. The molecule has 2 rings (SSSR count). The van der Waals surface area contributed by atoms with Crippen molar-refractivity contribution in [3.05, 3.63) is 0 Å². The third-order valence-electron chi connectivity index (χ3n) is 3.38. The number of rotatable bonds is 1. The van der Waals surface area contributed by atoms with Gasteiger partial charge in [-0.3, -0.25) is 9.69 Å². The highest BCUT2D eigenvalue weighted by atomic mass is 19.1. The van der Waals surface area contributed by atoms with Crippen LogP contribution in [0.5, 0.6) is 0 Å². The molecule has 1 heterocycles. The van der Waals surface area contributed by atoms with Crippen molar-refractivity contribution in [3.63, 3.8) is 0 Å². The van der Waals surface area contributed by atoms with Gasteiger partial charge >= 0.3 is 0 Å². The van der Waals surface area contributed by atoms with Crippen molar-refractivity contribution in [2.75, 3.05) is 26.2 Å². The van der Waals surface area contributed by atoms with Crippen LogP contribution in [-0.4, -0.2) is 54.1 Å². The van der Waals surface area contributed by atoms with Crippen molar-refractivity contribution < 1.29 is 9.18 Å². The van der Waals surface area contributed by atoms with Crippen LogP contribution in [0.3, 0.4) is 0 Å². The van der Waals surface area contributed by atoms with Gasteiger partial charge in [0.05, 0.1) is 0 Å². The lowest BCUT2D eigenvalue weighted by Gasteiger charge is -2.44. The van der Waals surface area contributed by atoms with Crippen molar-refractivity contribution in [1.82, 2.24) is 9.80 Å². The van der Waals surface area contributed by atoms with Gasteiger partial charge in [-0.05, 0) is 12.8 Å². The molecule has 1 aliphatic heterocycles. The summed E-state index contributed by atoms with van der Waals surface area (Å²) in [5.41, 5.74) is 0. The highest BCUT2D eigenvalue weighted by molar-refractivity contribution is 5.73. The molecule has 4 heteroatoms. The van der Waals surface area contributed by atoms with Gasteiger partial charge in [-0.1, -0.05) is 0 Å². The molecular formula is C10H17FN2O. The first-order valence-electron chi connectivity index (χ1n) is 5.32. The Hall–Kier alpha value is -0.640. The van der Waals surface area contributed by atoms with Crippen LogP contribution in [0.15, 0.2) is 0 Å². The number of halogens is 1. The zero-order valence-corrected chi connectivity index (χ0v) is 8.58. The molecule has 0 aromatic rings. The lowest BCUT2D eigenvalue weighted by atomic mass is 9.88. The summed E-state index contributed by atoms with van der Waals surface area (Å²) in [5, 5.41) is 0. The van der Waals surface area contributed by atoms with E-state index < -0.39 is 6.17 Å². The summed E-state index contributed by atoms with van der Waals surface area (Å²) in [5.74, 6) is 0.134. The number of hydrogen-bond donors (Lipinski definition) is 0. The fraction of sp³-hybridized carbons (Fsp3) is 0.900. The number of piperazine rings is 1. The van der Waals surface area contributed by atoms with Gasteiger partial charge in [0.15, 0.2) is 0 Å². The summed E-state index contributed by atoms with van der Waals surface area (Å²) in [6.45, 7) is 4.80. The summed E-state index contributed by atoms with van der Waals surface area (Å²) < 4.78 is 13.1. The van der Waals surface area contributed by atoms with Gasteiger partial charge in [-0.2, -0.15) is 0 Å². The third kappa shape index (κ3) is 1.75. The van der Waals surface area contributed by atoms with E-state index in [2.05, 4.69) is 4.90 Å². The number of carbonyl (C=O) groups is 1. The summed E-state index contributed by atoms with van der Waals surface area (Å²) in [7, 11) is 0. The largest absolute Gasteiger partial charge is 0.340 e. The van der Waals surface area contributed by atoms with Crippen molar-refractivity contribution in [1.29, 1.82) is 0 Å². The summed E-state index contributed by atoms with van der Waals surface area (Å²) in [6, 6.07) is 0.143. The lowest BCUT2D eigenvalue weighted by Crippen LogP contribution is -2.56. The number of hydrogen-bond acceptors (Lipinski definition) is 2. The first kappa shape index (κ1) is 9.90. The normalized spacial score (nSPS) is 34.0. The molecule has 0 aromatic heterocycles. The number of alkyl halides is 1. The van der Waals surface area contributed by atoms with Crippen molar-refractivity contribution in [2.45, 2.75) is 32.0 Å². The maximum Gasteiger partial charge on any atom is 0.219 e. The van der Waals surface area contributed by atoms with Crippen LogP contribution in [0.4, 0.5) is 4.39 Å². The minimum Gasteiger partial charge on any atom is -0.340 e. The molecular weight excluding hydrogens is 183 g/mol. The van der Waals surface area contributed by atoms with E-state index in [0.29, 0.717) is 0 Å². The number of carbonyl (C=O) groups excluding carboxylic acids is 1. The molecule has 1 amide bonds. The molecule has 14 heavy (non-hydrogen) atoms. The molecule has 0 N–H and O–H groups in total. The molecule has 2 unspecified atom stereocenters. The molecule has 2 aliphatic rings. The van der Waals surface area contributed by atoms with Gasteiger partial charge in [0.2, 0.25) is 5.91 Å². The smallest absolute Gasteiger partial charge is 0.219 e. The standard InChI is InChI=1S/C10H17FN2O/c1-8(14)12-4-6-13(7-5-12)10-3-2-9(10)11/h9-10H,2-7H2,1H3. The molecule has 0 bridgehead atoms. The first-order valence-corrected chi connectivity index (χ1v) is 5.32. The highest BCUT2D eigenvalue weighted by Gasteiger charge is 2.36. The SMILES string of the molecule is CC(=O)N1CCN(C2CCC2F)CC1. The Labute approximate surface area is 83.9 Å². The number of nitrogens with zero attached hydrogens (tertiary/aromatic N) is 2. The van der Waals surface area contributed by atoms with Gasteiger partial charge in [-0.25, -0.2) is 4.39 Å². The molecule has 2 fully saturated rings. The predicted octanol–water partition coefficient (Wildman–Crippen LogP) is 0.651. The Balaban J connectivity index is 1.81. The minimum absolute atomic E-state index is 0.134. The highest BCUT2D eigenvalue weighted by Crippen LogP contribution is 2.29. The molecule has 80 valence electrons. The van der Waals surface area contributed by atoms with Crippen molar-refractivity contribution in [3.8, 4) is 0 Å². The Morgan fingerprint density at radius 1 is 1.21 bits per heavy atom. The van der Waals surface area contributed by atoms with Gasteiger partial charge < -0.3 is 4.90 Å². The lowest BCUT2D eigenvalue weighted by molar-refractivity contribution is -0.131. The summed E-state index contributed by atoms with van der Waals surface area (Å²) in [4.78, 5) is 15.1. The second-order valence-electron chi connectivity index (χ2n) is 4.20. The molecule has 0 aromatic carbocycles. The van der Waals surface area contributed by atoms with Gasteiger partial charge in [-0.15, -0.1) is 0 Å². The minimum atomic E-state index is -0.626. The van der Waals surface area contributed by atoms with E-state index in [1.165, 1.54) is 0 Å². The average Bonchev–Trinajstić information content (AvgIpc) is 2.16. The van der Waals surface area contributed by atoms with E-state index in [4.69, 9.17) is 0 Å². The van der Waals surface area contributed by atoms with E-state index >= 15 is 0 Å². The molecule has 1 saturated heterocycles. The number of amides is 1. The zero-order valence-electron chi connectivity index (χ0n) is 8.58. The fourth-order valence-corrected chi connectivity index (χ4v) is 2.22. The van der Waals surface area contributed by atoms with Crippen LogP contribution < -0.4 is 0 Å². The quantitative estimate of drug-likeness (QED) is 0.620. The first-order chi connectivity index (χ1) is 6.68. The monoisotopic (exact) mass is 200 g/mol. The maximum atomic E-state index is 13.1. The fourth-order valence-electron chi connectivity index (χ4n) is 2.22. The molecule has 1 aliphatic carbocycles. The molecule has 0 spiro atoms. The topological polar surface area (TPSA) is 23.6 Å². The van der Waals surface area contributed by atoms with Crippen LogP contribution in [0.25, 0.3) is 0 Å². The molecule has 2 atom stereocenters. The van der Waals surface area contributed by atoms with Crippen molar-refractivity contribution in [2.24, 2.45) is 0 Å². The van der Waals surface area contributed by atoms with E-state index in [1.54, 1.807) is 6.92 Å². The van der Waals surface area contributed by atoms with E-state index in [0.717, 1.165) is 39.0 Å². The molecule has 1 saturated carbocycles. The average molecular weight is 200 g/mol. The Morgan fingerprint density at radius 3 is 2.21 bits per heavy atom. The Bertz CT molecular complexity index is 226. The van der Waals surface area contributed by atoms with Crippen LogP contribution in [0, 0.1) is 0 Å². The Morgan fingerprint density at radius 2 is 1.86 bits per heavy atom. The second-order valence-corrected chi connectivity index (χ2v) is 4.20. The van der Waals surface area contributed by atoms with Gasteiger partial charge in [0, 0.05) is 39.1 Å². The summed E-state index contributed by atoms with van der Waals surface area (Å²) in [6.07, 6.45) is 1.08. The van der Waals surface area contributed by atoms with E-state index in [9.17, 15) is 9.18 Å². The third-order valence-corrected chi connectivity index (χ3v) is 3.38. The second kappa shape index (κ2) is 3.85. The Kier molecular flexibility index (Phi) is 2.72. The van der Waals surface area contributed by atoms with Crippen LogP contribution in [-0.2, 0) is 4.79 Å². The van der Waals surface area contributed by atoms with Gasteiger partial charge in [0.1, 0.15) is 6.17 Å².